The van der Waals surface area contributed by atoms with E-state index in [9.17, 15) is 9.59 Å². The van der Waals surface area contributed by atoms with Crippen LogP contribution in [0, 0.1) is 11.7 Å². The molecule has 2 aliphatic rings. The second kappa shape index (κ2) is 7.92. The van der Waals surface area contributed by atoms with Crippen LogP contribution < -0.4 is 11.1 Å². The Bertz CT molecular complexity index is 1120. The van der Waals surface area contributed by atoms with Crippen molar-refractivity contribution in [2.24, 2.45) is 5.92 Å². The van der Waals surface area contributed by atoms with E-state index in [1.165, 1.54) is 23.2 Å². The van der Waals surface area contributed by atoms with E-state index >= 15 is 4.39 Å². The van der Waals surface area contributed by atoms with Gasteiger partial charge in [-0.3, -0.25) is 9.59 Å². The molecule has 2 aromatic rings. The molecule has 3 N–H and O–H groups in total. The number of benzene rings is 1. The molecule has 170 valence electrons. The number of nitrogens with two attached hydrogens (primary N) is 1. The largest absolute Gasteiger partial charge is 0.398 e. The summed E-state index contributed by atoms with van der Waals surface area (Å²) in [6, 6.07) is 3.03. The van der Waals surface area contributed by atoms with Gasteiger partial charge >= 0.3 is 0 Å². The third kappa shape index (κ3) is 3.37. The van der Waals surface area contributed by atoms with E-state index in [1.807, 2.05) is 0 Å². The Morgan fingerprint density at radius 3 is 2.59 bits per heavy atom. The number of aromatic nitrogens is 1. The minimum Gasteiger partial charge on any atom is -0.398 e. The molecular formula is C23H27ClFN5O2. The maximum atomic E-state index is 15.5. The first kappa shape index (κ1) is 22.3. The third-order valence-electron chi connectivity index (χ3n) is 6.62. The molecule has 32 heavy (non-hydrogen) atoms. The number of nitrogens with zero attached hydrogens (tertiary/aromatic N) is 3. The fourth-order valence-electron chi connectivity index (χ4n) is 4.97. The molecule has 7 nitrogen and oxygen atoms in total. The van der Waals surface area contributed by atoms with Gasteiger partial charge < -0.3 is 20.9 Å². The van der Waals surface area contributed by atoms with Crippen molar-refractivity contribution in [3.63, 3.8) is 0 Å². The number of anilines is 2. The van der Waals surface area contributed by atoms with Gasteiger partial charge in [-0.1, -0.05) is 11.6 Å². The van der Waals surface area contributed by atoms with Gasteiger partial charge in [0.1, 0.15) is 11.6 Å². The van der Waals surface area contributed by atoms with Crippen molar-refractivity contribution in [1.82, 2.24) is 14.8 Å². The summed E-state index contributed by atoms with van der Waals surface area (Å²) in [6.45, 7) is 0.629. The van der Waals surface area contributed by atoms with Crippen LogP contribution in [0.1, 0.15) is 35.2 Å². The highest BCUT2D eigenvalue weighted by Gasteiger charge is 2.49. The summed E-state index contributed by atoms with van der Waals surface area (Å²) in [6.07, 6.45) is 3.72. The van der Waals surface area contributed by atoms with Crippen molar-refractivity contribution in [3.8, 4) is 11.1 Å². The predicted octanol–water partition coefficient (Wildman–Crippen LogP) is 3.38. The Kier molecular flexibility index (Phi) is 5.53. The van der Waals surface area contributed by atoms with Gasteiger partial charge in [0.05, 0.1) is 10.6 Å². The van der Waals surface area contributed by atoms with Crippen LogP contribution in [0.15, 0.2) is 18.3 Å². The van der Waals surface area contributed by atoms with Gasteiger partial charge in [0.2, 0.25) is 5.91 Å². The van der Waals surface area contributed by atoms with Crippen LogP contribution in [-0.2, 0) is 10.2 Å². The molecule has 1 saturated carbocycles. The number of hydrogen-bond donors (Lipinski definition) is 2. The fourth-order valence-corrected chi connectivity index (χ4v) is 5.41. The maximum absolute atomic E-state index is 15.5. The second-order valence-corrected chi connectivity index (χ2v) is 9.48. The van der Waals surface area contributed by atoms with Crippen LogP contribution in [0.25, 0.3) is 11.1 Å². The zero-order valence-corrected chi connectivity index (χ0v) is 19.4. The van der Waals surface area contributed by atoms with Crippen LogP contribution in [0.4, 0.5) is 15.9 Å². The van der Waals surface area contributed by atoms with Crippen LogP contribution in [0.5, 0.6) is 0 Å². The molecule has 2 heterocycles. The number of rotatable bonds is 3. The van der Waals surface area contributed by atoms with Crippen LogP contribution in [0.3, 0.4) is 0 Å². The molecular weight excluding hydrogens is 433 g/mol. The van der Waals surface area contributed by atoms with Gasteiger partial charge in [-0.2, -0.15) is 0 Å². The lowest BCUT2D eigenvalue weighted by Crippen LogP contribution is -2.31. The molecule has 9 heteroatoms. The number of halogens is 2. The quantitative estimate of drug-likeness (QED) is 0.686. The summed E-state index contributed by atoms with van der Waals surface area (Å²) in [5.41, 5.74) is 6.86. The third-order valence-corrected chi connectivity index (χ3v) is 7.02. The standard InChI is InChI=1S/C23H27ClFN5O2/c1-29(2)21(31)12-7-8-23(9-12)11-28-20-17(23)18(24)14(10-27-20)13-5-6-15(26)16(19(13)25)22(32)30(3)4/h5-6,10,12H,7-9,11,26H2,1-4H3,(H,27,28). The number of fused-ring (bicyclic) bond motifs is 2. The lowest BCUT2D eigenvalue weighted by atomic mass is 9.79. The summed E-state index contributed by atoms with van der Waals surface area (Å²) in [5.74, 6) is -0.565. The average Bonchev–Trinajstić information content (AvgIpc) is 3.33. The Morgan fingerprint density at radius 2 is 1.94 bits per heavy atom. The lowest BCUT2D eigenvalue weighted by molar-refractivity contribution is -0.132. The van der Waals surface area contributed by atoms with Crippen molar-refractivity contribution in [2.45, 2.75) is 24.7 Å². The van der Waals surface area contributed by atoms with E-state index in [2.05, 4.69) is 10.3 Å². The van der Waals surface area contributed by atoms with Crippen LogP contribution >= 0.6 is 11.6 Å². The van der Waals surface area contributed by atoms with E-state index in [-0.39, 0.29) is 34.1 Å². The van der Waals surface area contributed by atoms with E-state index < -0.39 is 11.7 Å². The molecule has 2 unspecified atom stereocenters. The first-order valence-electron chi connectivity index (χ1n) is 10.5. The number of carbonyl (C=O) groups excluding carboxylic acids is 2. The molecule has 2 atom stereocenters. The number of hydrogen-bond acceptors (Lipinski definition) is 5. The van der Waals surface area contributed by atoms with Crippen LogP contribution in [0.2, 0.25) is 5.02 Å². The predicted molar refractivity (Wildman–Crippen MR) is 123 cm³/mol. The van der Waals surface area contributed by atoms with E-state index in [4.69, 9.17) is 17.3 Å². The number of carbonyl (C=O) groups is 2. The molecule has 1 aromatic carbocycles. The smallest absolute Gasteiger partial charge is 0.258 e. The first-order chi connectivity index (χ1) is 15.1. The fraction of sp³-hybridized carbons (Fsp3) is 0.435. The van der Waals surface area contributed by atoms with Crippen molar-refractivity contribution in [2.75, 3.05) is 45.8 Å². The molecule has 1 aliphatic carbocycles. The summed E-state index contributed by atoms with van der Waals surface area (Å²) in [7, 11) is 6.60. The SMILES string of the molecule is CN(C)C(=O)c1c(N)ccc(-c2cnc3c(c2Cl)C2(CCC(C(=O)N(C)C)C2)CN3)c1F. The van der Waals surface area contributed by atoms with Gasteiger partial charge in [-0.25, -0.2) is 9.37 Å². The monoisotopic (exact) mass is 459 g/mol. The number of pyridine rings is 1. The normalized spacial score (nSPS) is 21.4. The number of amides is 2. The molecule has 1 aromatic heterocycles. The zero-order valence-electron chi connectivity index (χ0n) is 18.6. The van der Waals surface area contributed by atoms with Gasteiger partial charge in [0.25, 0.3) is 5.91 Å². The first-order valence-corrected chi connectivity index (χ1v) is 10.9. The highest BCUT2D eigenvalue weighted by Crippen LogP contribution is 2.54. The molecule has 4 rings (SSSR count). The Balaban J connectivity index is 1.80. The molecule has 0 bridgehead atoms. The highest BCUT2D eigenvalue weighted by molar-refractivity contribution is 6.34. The summed E-state index contributed by atoms with van der Waals surface area (Å²) >= 11 is 6.89. The molecule has 1 aliphatic heterocycles. The van der Waals surface area contributed by atoms with Gasteiger partial charge in [0, 0.05) is 74.6 Å². The molecule has 1 spiro atoms. The minimum absolute atomic E-state index is 0.0640. The van der Waals surface area contributed by atoms with Gasteiger partial charge in [-0.05, 0) is 31.4 Å². The summed E-state index contributed by atoms with van der Waals surface area (Å²) in [4.78, 5) is 32.5. The maximum Gasteiger partial charge on any atom is 0.258 e. The topological polar surface area (TPSA) is 91.6 Å². The number of nitrogen functional groups attached to an aromatic ring is 1. The highest BCUT2D eigenvalue weighted by atomic mass is 35.5. The van der Waals surface area contributed by atoms with E-state index in [0.29, 0.717) is 29.4 Å². The van der Waals surface area contributed by atoms with Gasteiger partial charge in [-0.15, -0.1) is 0 Å². The molecule has 2 amide bonds. The Morgan fingerprint density at radius 1 is 1.22 bits per heavy atom. The Hall–Kier alpha value is -2.87. The van der Waals surface area contributed by atoms with Crippen molar-refractivity contribution >= 4 is 34.9 Å². The van der Waals surface area contributed by atoms with E-state index in [1.54, 1.807) is 33.1 Å². The number of nitrogens with one attached hydrogen (secondary N) is 1. The zero-order chi connectivity index (χ0) is 23.4. The van der Waals surface area contributed by atoms with Gasteiger partial charge in [0.15, 0.2) is 0 Å². The summed E-state index contributed by atoms with van der Waals surface area (Å²) in [5, 5.41) is 3.71. The molecule has 0 saturated heterocycles. The summed E-state index contributed by atoms with van der Waals surface area (Å²) < 4.78 is 15.5. The Labute approximate surface area is 191 Å². The van der Waals surface area contributed by atoms with E-state index in [0.717, 1.165) is 18.4 Å². The second-order valence-electron chi connectivity index (χ2n) is 9.11. The van der Waals surface area contributed by atoms with Crippen molar-refractivity contribution in [1.29, 1.82) is 0 Å². The minimum atomic E-state index is -0.723. The van der Waals surface area contributed by atoms with Crippen molar-refractivity contribution < 1.29 is 14.0 Å². The molecule has 1 fully saturated rings. The molecule has 0 radical (unpaired) electrons. The lowest BCUT2D eigenvalue weighted by Gasteiger charge is -2.26. The van der Waals surface area contributed by atoms with Crippen LogP contribution in [-0.4, -0.2) is 61.3 Å². The average molecular weight is 460 g/mol. The van der Waals surface area contributed by atoms with Crippen molar-refractivity contribution in [3.05, 3.63) is 40.3 Å².